The van der Waals surface area contributed by atoms with Gasteiger partial charge in [-0.3, -0.25) is 4.57 Å². The summed E-state index contributed by atoms with van der Waals surface area (Å²) in [6.07, 6.45) is -3.66. The van der Waals surface area contributed by atoms with Crippen LogP contribution < -0.4 is 5.73 Å². The summed E-state index contributed by atoms with van der Waals surface area (Å²) in [6.45, 7) is 0. The molecule has 1 aliphatic rings. The molecule has 1 fully saturated rings. The Hall–Kier alpha value is -1.77. The number of aromatic nitrogens is 2. The molecule has 0 amide bonds. The number of halogens is 3. The number of fused-ring (bicyclic) bond motifs is 1. The molecular formula is C12H12F3N3O2S. The predicted molar refractivity (Wildman–Crippen MR) is 70.5 cm³/mol. The second-order valence-corrected chi connectivity index (χ2v) is 7.21. The minimum absolute atomic E-state index is 0.0203. The van der Waals surface area contributed by atoms with Crippen LogP contribution in [0, 0.1) is 0 Å². The van der Waals surface area contributed by atoms with E-state index in [0.29, 0.717) is 0 Å². The molecule has 1 aromatic heterocycles. The number of hydrogen-bond donors (Lipinski definition) is 1. The smallest absolute Gasteiger partial charge is 0.369 e. The van der Waals surface area contributed by atoms with E-state index in [2.05, 4.69) is 4.98 Å². The third-order valence-electron chi connectivity index (χ3n) is 3.75. The SMILES string of the molecule is CS(=O)(=O)c1cccc2c1nc(N)n2C1(C(F)(F)F)CC1. The summed E-state index contributed by atoms with van der Waals surface area (Å²) in [7, 11) is -3.61. The molecule has 1 saturated carbocycles. The highest BCUT2D eigenvalue weighted by Gasteiger charge is 2.66. The van der Waals surface area contributed by atoms with Gasteiger partial charge in [-0.25, -0.2) is 13.4 Å². The van der Waals surface area contributed by atoms with E-state index in [1.165, 1.54) is 18.2 Å². The zero-order valence-electron chi connectivity index (χ0n) is 11.0. The highest BCUT2D eigenvalue weighted by molar-refractivity contribution is 7.91. The average Bonchev–Trinajstić information content (AvgIpc) is 3.05. The van der Waals surface area contributed by atoms with Crippen molar-refractivity contribution in [1.29, 1.82) is 0 Å². The lowest BCUT2D eigenvalue weighted by Gasteiger charge is -2.22. The molecule has 5 nitrogen and oxygen atoms in total. The fourth-order valence-corrected chi connectivity index (χ4v) is 3.42. The number of hydrogen-bond acceptors (Lipinski definition) is 4. The Morgan fingerprint density at radius 3 is 2.43 bits per heavy atom. The van der Waals surface area contributed by atoms with E-state index in [4.69, 9.17) is 5.73 Å². The lowest BCUT2D eigenvalue weighted by atomic mass is 10.2. The number of para-hydroxylation sites is 1. The van der Waals surface area contributed by atoms with E-state index in [1.54, 1.807) is 0 Å². The van der Waals surface area contributed by atoms with Crippen molar-refractivity contribution in [3.8, 4) is 0 Å². The van der Waals surface area contributed by atoms with Gasteiger partial charge in [-0.05, 0) is 25.0 Å². The molecule has 0 saturated heterocycles. The normalized spacial score (nSPS) is 18.1. The Morgan fingerprint density at radius 2 is 1.95 bits per heavy atom. The number of imidazole rings is 1. The molecule has 1 heterocycles. The number of benzene rings is 1. The van der Waals surface area contributed by atoms with Gasteiger partial charge in [0.1, 0.15) is 11.1 Å². The number of nitrogen functional groups attached to an aromatic ring is 1. The van der Waals surface area contributed by atoms with Crippen LogP contribution >= 0.6 is 0 Å². The molecule has 2 N–H and O–H groups in total. The van der Waals surface area contributed by atoms with Crippen LogP contribution in [0.4, 0.5) is 19.1 Å². The van der Waals surface area contributed by atoms with Crippen molar-refractivity contribution in [1.82, 2.24) is 9.55 Å². The second kappa shape index (κ2) is 3.90. The molecule has 0 spiro atoms. The Balaban J connectivity index is 2.35. The summed E-state index contributed by atoms with van der Waals surface area (Å²) in [5.41, 5.74) is 3.65. The molecule has 2 aromatic rings. The molecular weight excluding hydrogens is 307 g/mol. The Kier molecular flexibility index (Phi) is 2.64. The summed E-state index contributed by atoms with van der Waals surface area (Å²) in [5.74, 6) is -0.323. The van der Waals surface area contributed by atoms with Crippen LogP contribution in [0.15, 0.2) is 23.1 Å². The van der Waals surface area contributed by atoms with Gasteiger partial charge >= 0.3 is 6.18 Å². The maximum Gasteiger partial charge on any atom is 0.412 e. The fraction of sp³-hybridized carbons (Fsp3) is 0.417. The fourth-order valence-electron chi connectivity index (χ4n) is 2.59. The minimum atomic E-state index is -4.46. The van der Waals surface area contributed by atoms with Crippen LogP contribution in [0.2, 0.25) is 0 Å². The van der Waals surface area contributed by atoms with E-state index in [-0.39, 0.29) is 34.7 Å². The minimum Gasteiger partial charge on any atom is -0.369 e. The van der Waals surface area contributed by atoms with Crippen molar-refractivity contribution >= 4 is 26.8 Å². The van der Waals surface area contributed by atoms with Gasteiger partial charge in [0.05, 0.1) is 10.4 Å². The van der Waals surface area contributed by atoms with Gasteiger partial charge in [-0.15, -0.1) is 0 Å². The Labute approximate surface area is 118 Å². The lowest BCUT2D eigenvalue weighted by molar-refractivity contribution is -0.178. The van der Waals surface area contributed by atoms with Crippen LogP contribution in [-0.4, -0.2) is 30.4 Å². The van der Waals surface area contributed by atoms with E-state index in [0.717, 1.165) is 10.8 Å². The molecule has 3 rings (SSSR count). The van der Waals surface area contributed by atoms with Crippen LogP contribution in [0.5, 0.6) is 0 Å². The molecule has 0 atom stereocenters. The van der Waals surface area contributed by atoms with Gasteiger partial charge in [-0.2, -0.15) is 13.2 Å². The van der Waals surface area contributed by atoms with E-state index < -0.39 is 21.6 Å². The summed E-state index contributed by atoms with van der Waals surface area (Å²) < 4.78 is 64.2. The summed E-state index contributed by atoms with van der Waals surface area (Å²) in [5, 5.41) is 0. The van der Waals surface area contributed by atoms with Crippen LogP contribution in [0.25, 0.3) is 11.0 Å². The van der Waals surface area contributed by atoms with Crippen LogP contribution in [-0.2, 0) is 15.4 Å². The number of nitrogens with zero attached hydrogens (tertiary/aromatic N) is 2. The third-order valence-corrected chi connectivity index (χ3v) is 4.88. The van der Waals surface area contributed by atoms with E-state index >= 15 is 0 Å². The van der Waals surface area contributed by atoms with Crippen LogP contribution in [0.3, 0.4) is 0 Å². The number of anilines is 1. The summed E-state index contributed by atoms with van der Waals surface area (Å²) in [4.78, 5) is 3.74. The van der Waals surface area contributed by atoms with Gasteiger partial charge in [0.25, 0.3) is 0 Å². The van der Waals surface area contributed by atoms with Gasteiger partial charge in [0, 0.05) is 6.26 Å². The molecule has 21 heavy (non-hydrogen) atoms. The maximum atomic E-state index is 13.3. The van der Waals surface area contributed by atoms with Gasteiger partial charge < -0.3 is 5.73 Å². The number of rotatable bonds is 2. The zero-order valence-corrected chi connectivity index (χ0v) is 11.8. The van der Waals surface area contributed by atoms with Crippen molar-refractivity contribution < 1.29 is 21.6 Å². The Bertz CT molecular complexity index is 835. The average molecular weight is 319 g/mol. The molecule has 0 bridgehead atoms. The quantitative estimate of drug-likeness (QED) is 0.919. The van der Waals surface area contributed by atoms with Crippen molar-refractivity contribution in [3.05, 3.63) is 18.2 Å². The summed E-state index contributed by atoms with van der Waals surface area (Å²) >= 11 is 0. The molecule has 9 heteroatoms. The largest absolute Gasteiger partial charge is 0.412 e. The molecule has 114 valence electrons. The molecule has 0 radical (unpaired) electrons. The number of alkyl halides is 3. The van der Waals surface area contributed by atoms with Gasteiger partial charge in [0.2, 0.25) is 5.95 Å². The first-order chi connectivity index (χ1) is 9.58. The lowest BCUT2D eigenvalue weighted by Crippen LogP contribution is -2.35. The van der Waals surface area contributed by atoms with Gasteiger partial charge in [0.15, 0.2) is 9.84 Å². The number of sulfone groups is 1. The number of nitrogens with two attached hydrogens (primary N) is 1. The first-order valence-electron chi connectivity index (χ1n) is 6.12. The van der Waals surface area contributed by atoms with Crippen molar-refractivity contribution in [2.24, 2.45) is 0 Å². The Morgan fingerprint density at radius 1 is 1.33 bits per heavy atom. The van der Waals surface area contributed by atoms with Crippen molar-refractivity contribution in [2.45, 2.75) is 29.5 Å². The molecule has 0 aliphatic heterocycles. The predicted octanol–water partition coefficient (Wildman–Crippen LogP) is 2.07. The topological polar surface area (TPSA) is 78.0 Å². The standard InChI is InChI=1S/C12H12F3N3O2S/c1-21(19,20)8-4-2-3-7-9(8)17-10(16)18(7)11(5-6-11)12(13,14)15/h2-4H,5-6H2,1H3,(H2,16,17). The second-order valence-electron chi connectivity index (χ2n) is 5.23. The molecule has 1 aliphatic carbocycles. The highest BCUT2D eigenvalue weighted by atomic mass is 32.2. The van der Waals surface area contributed by atoms with Crippen molar-refractivity contribution in [2.75, 3.05) is 12.0 Å². The third kappa shape index (κ3) is 1.90. The highest BCUT2D eigenvalue weighted by Crippen LogP contribution is 2.57. The monoisotopic (exact) mass is 319 g/mol. The first kappa shape index (κ1) is 14.2. The molecule has 0 unspecified atom stereocenters. The van der Waals surface area contributed by atoms with Crippen molar-refractivity contribution in [3.63, 3.8) is 0 Å². The van der Waals surface area contributed by atoms with E-state index in [9.17, 15) is 21.6 Å². The maximum absolute atomic E-state index is 13.3. The van der Waals surface area contributed by atoms with E-state index in [1.807, 2.05) is 0 Å². The summed E-state index contributed by atoms with van der Waals surface area (Å²) in [6, 6.07) is 4.10. The van der Waals surface area contributed by atoms with Crippen LogP contribution in [0.1, 0.15) is 12.8 Å². The first-order valence-corrected chi connectivity index (χ1v) is 8.01. The molecule has 1 aromatic carbocycles. The van der Waals surface area contributed by atoms with Gasteiger partial charge in [-0.1, -0.05) is 6.07 Å². The zero-order chi connectivity index (χ0) is 15.6.